The van der Waals surface area contributed by atoms with E-state index in [4.69, 9.17) is 4.74 Å². The maximum Gasteiger partial charge on any atom is 0.269 e. The number of rotatable bonds is 3. The molecule has 1 saturated heterocycles. The van der Waals surface area contributed by atoms with Crippen LogP contribution in [0, 0.1) is 15.5 Å². The Balaban J connectivity index is 1.60. The Hall–Kier alpha value is -5.08. The Morgan fingerprint density at radius 3 is 1.60 bits per heavy atom. The molecular weight excluding hydrogens is 510 g/mol. The summed E-state index contributed by atoms with van der Waals surface area (Å²) >= 11 is 0. The third-order valence-electron chi connectivity index (χ3n) is 8.35. The van der Waals surface area contributed by atoms with Gasteiger partial charge in [-0.15, -0.1) is 0 Å². The second-order valence-electron chi connectivity index (χ2n) is 10.2. The van der Waals surface area contributed by atoms with Gasteiger partial charge in [-0.05, 0) is 11.1 Å². The average molecular weight is 530 g/mol. The van der Waals surface area contributed by atoms with E-state index in [-0.39, 0.29) is 33.5 Å². The lowest BCUT2D eigenvalue weighted by Crippen LogP contribution is -2.51. The van der Waals surface area contributed by atoms with Crippen molar-refractivity contribution in [2.45, 2.75) is 17.6 Å². The molecule has 4 aromatic carbocycles. The van der Waals surface area contributed by atoms with Crippen LogP contribution in [0.1, 0.15) is 64.6 Å². The molecule has 0 amide bonds. The van der Waals surface area contributed by atoms with Crippen LogP contribution in [-0.2, 0) is 4.74 Å². The third-order valence-corrected chi connectivity index (χ3v) is 8.35. The predicted molar refractivity (Wildman–Crippen MR) is 141 cm³/mol. The van der Waals surface area contributed by atoms with Gasteiger partial charge < -0.3 is 4.74 Å². The third kappa shape index (κ3) is 2.78. The summed E-state index contributed by atoms with van der Waals surface area (Å²) in [4.78, 5) is 69.0. The van der Waals surface area contributed by atoms with Gasteiger partial charge in [-0.25, -0.2) is 0 Å². The van der Waals surface area contributed by atoms with Crippen LogP contribution in [0.4, 0.5) is 5.69 Å². The van der Waals surface area contributed by atoms with E-state index in [1.54, 1.807) is 54.6 Å². The molecule has 7 rings (SSSR count). The van der Waals surface area contributed by atoms with Gasteiger partial charge in [0, 0.05) is 34.4 Å². The van der Waals surface area contributed by atoms with Gasteiger partial charge >= 0.3 is 0 Å². The Bertz CT molecular complexity index is 1740. The number of hydrogen-bond donors (Lipinski definition) is 0. The maximum absolute atomic E-state index is 14.6. The highest BCUT2D eigenvalue weighted by Crippen LogP contribution is 2.68. The summed E-state index contributed by atoms with van der Waals surface area (Å²) in [5.41, 5.74) is -3.60. The molecule has 2 aliphatic carbocycles. The first-order valence-electron chi connectivity index (χ1n) is 12.7. The molecule has 0 unspecified atom stereocenters. The Morgan fingerprint density at radius 1 is 0.600 bits per heavy atom. The van der Waals surface area contributed by atoms with Crippen molar-refractivity contribution in [1.29, 1.82) is 0 Å². The van der Waals surface area contributed by atoms with E-state index >= 15 is 0 Å². The van der Waals surface area contributed by atoms with Crippen LogP contribution in [0.3, 0.4) is 0 Å². The van der Waals surface area contributed by atoms with Crippen molar-refractivity contribution < 1.29 is 28.8 Å². The number of carbonyl (C=O) groups is 4. The molecule has 0 radical (unpaired) electrons. The van der Waals surface area contributed by atoms with Gasteiger partial charge in [0.1, 0.15) is 11.5 Å². The predicted octanol–water partition coefficient (Wildman–Crippen LogP) is 5.33. The lowest BCUT2D eigenvalue weighted by Gasteiger charge is -2.34. The fraction of sp³-hybridized carbons (Fsp3) is 0.125. The second kappa shape index (κ2) is 8.21. The molecule has 0 N–H and O–H groups in total. The SMILES string of the molecule is O=C1c2ccccc2C(=O)C12O[C@@H](c1ccccc1)C1(C(=O)c3ccccc3C1=O)[C@@H]2c1cccc([N+](=O)[O-])c1. The number of ether oxygens (including phenoxy) is 1. The number of ketones is 4. The number of nitrogens with zero attached hydrogens (tertiary/aromatic N) is 1. The first kappa shape index (κ1) is 24.0. The first-order chi connectivity index (χ1) is 19.3. The van der Waals surface area contributed by atoms with Crippen LogP contribution < -0.4 is 0 Å². The molecule has 40 heavy (non-hydrogen) atoms. The van der Waals surface area contributed by atoms with Gasteiger partial charge in [-0.1, -0.05) is 91.0 Å². The van der Waals surface area contributed by atoms with Gasteiger partial charge in [0.2, 0.25) is 17.2 Å². The molecule has 0 saturated carbocycles. The molecule has 1 fully saturated rings. The van der Waals surface area contributed by atoms with E-state index in [0.29, 0.717) is 5.56 Å². The van der Waals surface area contributed by atoms with Crippen molar-refractivity contribution >= 4 is 28.8 Å². The summed E-state index contributed by atoms with van der Waals surface area (Å²) in [5.74, 6) is -4.03. The molecule has 1 aliphatic heterocycles. The molecule has 4 aromatic rings. The van der Waals surface area contributed by atoms with Crippen LogP contribution in [-0.4, -0.2) is 33.7 Å². The van der Waals surface area contributed by atoms with E-state index < -0.39 is 51.1 Å². The van der Waals surface area contributed by atoms with Gasteiger partial charge in [0.15, 0.2) is 11.6 Å². The largest absolute Gasteiger partial charge is 0.348 e. The van der Waals surface area contributed by atoms with Crippen molar-refractivity contribution in [3.8, 4) is 0 Å². The number of Topliss-reactive ketones (excluding diaryl/α,β-unsaturated/α-hetero) is 4. The number of fused-ring (bicyclic) bond motifs is 2. The van der Waals surface area contributed by atoms with Crippen LogP contribution in [0.5, 0.6) is 0 Å². The van der Waals surface area contributed by atoms with Crippen molar-refractivity contribution in [2.24, 2.45) is 5.41 Å². The van der Waals surface area contributed by atoms with Gasteiger partial charge in [0.05, 0.1) is 10.8 Å². The van der Waals surface area contributed by atoms with E-state index in [2.05, 4.69) is 0 Å². The lowest BCUT2D eigenvalue weighted by molar-refractivity contribution is -0.384. The standard InChI is InChI=1S/C32H19NO7/c34-26-21-13-4-5-14-22(21)27(35)31(26)25(19-11-8-12-20(17-19)33(38)39)32(40-30(31)18-9-2-1-3-10-18)28(36)23-15-6-7-16-24(23)29(32)37/h1-17,25,30H/t25-,30-/m0/s1. The van der Waals surface area contributed by atoms with E-state index in [9.17, 15) is 29.3 Å². The highest BCUT2D eigenvalue weighted by molar-refractivity contribution is 6.37. The molecule has 2 atom stereocenters. The van der Waals surface area contributed by atoms with E-state index in [0.717, 1.165) is 0 Å². The molecule has 8 nitrogen and oxygen atoms in total. The zero-order valence-electron chi connectivity index (χ0n) is 20.8. The Morgan fingerprint density at radius 2 is 1.07 bits per heavy atom. The summed E-state index contributed by atoms with van der Waals surface area (Å²) in [6, 6.07) is 26.5. The lowest BCUT2D eigenvalue weighted by atomic mass is 9.60. The number of benzene rings is 4. The van der Waals surface area contributed by atoms with Crippen LogP contribution >= 0.6 is 0 Å². The number of non-ortho nitro benzene ring substituents is 1. The van der Waals surface area contributed by atoms with Crippen molar-refractivity contribution in [3.63, 3.8) is 0 Å². The molecule has 3 aliphatic rings. The fourth-order valence-corrected chi connectivity index (χ4v) is 6.77. The smallest absolute Gasteiger partial charge is 0.269 e. The quantitative estimate of drug-likeness (QED) is 0.200. The average Bonchev–Trinajstić information content (AvgIpc) is 3.52. The van der Waals surface area contributed by atoms with E-state index in [1.807, 2.05) is 0 Å². The first-order valence-corrected chi connectivity index (χ1v) is 12.7. The Labute approximate surface area is 227 Å². The monoisotopic (exact) mass is 529 g/mol. The normalized spacial score (nSPS) is 21.7. The van der Waals surface area contributed by atoms with Crippen LogP contribution in [0.25, 0.3) is 0 Å². The number of hydrogen-bond acceptors (Lipinski definition) is 7. The Kier molecular flexibility index (Phi) is 4.92. The maximum atomic E-state index is 14.6. The minimum absolute atomic E-state index is 0.113. The molecule has 2 spiro atoms. The van der Waals surface area contributed by atoms with Gasteiger partial charge in [-0.2, -0.15) is 0 Å². The minimum atomic E-state index is -2.30. The topological polar surface area (TPSA) is 121 Å². The molecule has 8 heteroatoms. The molecule has 0 aromatic heterocycles. The summed E-state index contributed by atoms with van der Waals surface area (Å²) in [5, 5.41) is 11.8. The summed E-state index contributed by atoms with van der Waals surface area (Å²) in [6.07, 6.45) is -1.33. The highest BCUT2D eigenvalue weighted by Gasteiger charge is 2.79. The van der Waals surface area contributed by atoms with Gasteiger partial charge in [-0.3, -0.25) is 29.3 Å². The number of nitro benzene ring substituents is 1. The molecule has 0 bridgehead atoms. The molecular formula is C32H19NO7. The molecule has 194 valence electrons. The minimum Gasteiger partial charge on any atom is -0.348 e. The van der Waals surface area contributed by atoms with E-state index in [1.165, 1.54) is 48.5 Å². The fourth-order valence-electron chi connectivity index (χ4n) is 6.77. The molecule has 1 heterocycles. The van der Waals surface area contributed by atoms with Crippen molar-refractivity contribution in [3.05, 3.63) is 147 Å². The van der Waals surface area contributed by atoms with Crippen LogP contribution in [0.2, 0.25) is 0 Å². The van der Waals surface area contributed by atoms with Crippen molar-refractivity contribution in [1.82, 2.24) is 0 Å². The zero-order chi connectivity index (χ0) is 27.8. The number of nitro groups is 1. The van der Waals surface area contributed by atoms with Crippen molar-refractivity contribution in [2.75, 3.05) is 0 Å². The zero-order valence-corrected chi connectivity index (χ0v) is 20.8. The number of carbonyl (C=O) groups excluding carboxylic acids is 4. The summed E-state index contributed by atoms with van der Waals surface area (Å²) in [6.45, 7) is 0. The second-order valence-corrected chi connectivity index (χ2v) is 10.2. The summed E-state index contributed by atoms with van der Waals surface area (Å²) in [7, 11) is 0. The van der Waals surface area contributed by atoms with Gasteiger partial charge in [0.25, 0.3) is 5.69 Å². The van der Waals surface area contributed by atoms with Crippen LogP contribution in [0.15, 0.2) is 103 Å². The summed E-state index contributed by atoms with van der Waals surface area (Å²) < 4.78 is 6.57. The highest BCUT2D eigenvalue weighted by atomic mass is 16.6.